The Bertz CT molecular complexity index is 751. The zero-order chi connectivity index (χ0) is 13.4. The van der Waals surface area contributed by atoms with Crippen molar-refractivity contribution in [3.05, 3.63) is 48.2 Å². The Balaban J connectivity index is 0.00000147. The van der Waals surface area contributed by atoms with E-state index >= 15 is 0 Å². The lowest BCUT2D eigenvalue weighted by atomic mass is 10.1. The molecule has 4 heteroatoms. The Morgan fingerprint density at radius 3 is 2.30 bits per heavy atom. The largest absolute Gasteiger partial charge is 0.397 e. The molecule has 2 aromatic carbocycles. The van der Waals surface area contributed by atoms with Gasteiger partial charge in [-0.25, -0.2) is 9.97 Å². The number of benzene rings is 2. The monoisotopic (exact) mass is 266 g/mol. The van der Waals surface area contributed by atoms with Crippen LogP contribution in [0.1, 0.15) is 13.1 Å². The van der Waals surface area contributed by atoms with Crippen LogP contribution in [0.5, 0.6) is 0 Å². The van der Waals surface area contributed by atoms with Crippen LogP contribution in [0.25, 0.3) is 22.3 Å². The SMILES string of the molecule is C.Cc1nc2ccc(N)c(N)c2nc1-c1ccccc1. The van der Waals surface area contributed by atoms with E-state index in [0.717, 1.165) is 22.5 Å². The van der Waals surface area contributed by atoms with Gasteiger partial charge in [0, 0.05) is 5.56 Å². The fourth-order valence-electron chi connectivity index (χ4n) is 2.12. The second-order valence-electron chi connectivity index (χ2n) is 4.46. The first-order valence-electron chi connectivity index (χ1n) is 6.04. The van der Waals surface area contributed by atoms with Crippen LogP contribution in [0.2, 0.25) is 0 Å². The Hall–Kier alpha value is -2.62. The van der Waals surface area contributed by atoms with Crippen molar-refractivity contribution in [1.29, 1.82) is 0 Å². The average molecular weight is 266 g/mol. The van der Waals surface area contributed by atoms with Crippen molar-refractivity contribution in [3.8, 4) is 11.3 Å². The van der Waals surface area contributed by atoms with Crippen LogP contribution in [-0.2, 0) is 0 Å². The third-order valence-electron chi connectivity index (χ3n) is 3.13. The Kier molecular flexibility index (Phi) is 3.57. The molecule has 0 radical (unpaired) electrons. The summed E-state index contributed by atoms with van der Waals surface area (Å²) >= 11 is 0. The number of aromatic nitrogens is 2. The van der Waals surface area contributed by atoms with Gasteiger partial charge in [-0.2, -0.15) is 0 Å². The Morgan fingerprint density at radius 1 is 0.900 bits per heavy atom. The van der Waals surface area contributed by atoms with Gasteiger partial charge in [-0.3, -0.25) is 0 Å². The molecule has 4 N–H and O–H groups in total. The van der Waals surface area contributed by atoms with Crippen LogP contribution in [0.3, 0.4) is 0 Å². The molecule has 0 aliphatic carbocycles. The second-order valence-corrected chi connectivity index (χ2v) is 4.46. The van der Waals surface area contributed by atoms with Crippen molar-refractivity contribution >= 4 is 22.4 Å². The van der Waals surface area contributed by atoms with Crippen molar-refractivity contribution in [1.82, 2.24) is 9.97 Å². The van der Waals surface area contributed by atoms with Gasteiger partial charge in [-0.05, 0) is 19.1 Å². The molecule has 102 valence electrons. The molecular formula is C16H18N4. The lowest BCUT2D eigenvalue weighted by Gasteiger charge is -2.09. The molecule has 3 aromatic rings. The maximum atomic E-state index is 5.99. The molecule has 0 bridgehead atoms. The summed E-state index contributed by atoms with van der Waals surface area (Å²) in [6.07, 6.45) is 0. The lowest BCUT2D eigenvalue weighted by Crippen LogP contribution is -2.00. The van der Waals surface area contributed by atoms with E-state index in [1.54, 1.807) is 6.07 Å². The van der Waals surface area contributed by atoms with E-state index in [4.69, 9.17) is 11.5 Å². The molecule has 4 nitrogen and oxygen atoms in total. The molecule has 0 unspecified atom stereocenters. The van der Waals surface area contributed by atoms with Crippen LogP contribution in [-0.4, -0.2) is 9.97 Å². The minimum atomic E-state index is 0. The number of nitrogen functional groups attached to an aromatic ring is 2. The van der Waals surface area contributed by atoms with Gasteiger partial charge in [-0.15, -0.1) is 0 Å². The normalized spacial score (nSPS) is 10.2. The van der Waals surface area contributed by atoms with E-state index in [2.05, 4.69) is 9.97 Å². The van der Waals surface area contributed by atoms with Crippen molar-refractivity contribution in [2.24, 2.45) is 0 Å². The molecule has 0 saturated heterocycles. The summed E-state index contributed by atoms with van der Waals surface area (Å²) in [5.41, 5.74) is 17.0. The molecule has 3 rings (SSSR count). The average Bonchev–Trinajstić information content (AvgIpc) is 2.44. The third kappa shape index (κ3) is 2.16. The summed E-state index contributed by atoms with van der Waals surface area (Å²) in [7, 11) is 0. The number of hydrogen-bond acceptors (Lipinski definition) is 4. The maximum Gasteiger partial charge on any atom is 0.114 e. The zero-order valence-corrected chi connectivity index (χ0v) is 10.6. The predicted molar refractivity (Wildman–Crippen MR) is 85.3 cm³/mol. The van der Waals surface area contributed by atoms with Crippen LogP contribution >= 0.6 is 0 Å². The highest BCUT2D eigenvalue weighted by Gasteiger charge is 2.10. The summed E-state index contributed by atoms with van der Waals surface area (Å²) in [6, 6.07) is 13.5. The van der Waals surface area contributed by atoms with Gasteiger partial charge in [-0.1, -0.05) is 37.8 Å². The summed E-state index contributed by atoms with van der Waals surface area (Å²) in [4.78, 5) is 9.19. The smallest absolute Gasteiger partial charge is 0.114 e. The first-order chi connectivity index (χ1) is 9.16. The van der Waals surface area contributed by atoms with Crippen LogP contribution in [0, 0.1) is 6.92 Å². The molecule has 0 aliphatic rings. The number of aryl methyl sites for hydroxylation is 1. The van der Waals surface area contributed by atoms with E-state index in [1.165, 1.54) is 0 Å². The third-order valence-corrected chi connectivity index (χ3v) is 3.13. The first-order valence-corrected chi connectivity index (χ1v) is 6.04. The van der Waals surface area contributed by atoms with Gasteiger partial charge in [0.1, 0.15) is 5.52 Å². The summed E-state index contributed by atoms with van der Waals surface area (Å²) < 4.78 is 0. The van der Waals surface area contributed by atoms with E-state index in [-0.39, 0.29) is 7.43 Å². The number of nitrogens with two attached hydrogens (primary N) is 2. The molecule has 20 heavy (non-hydrogen) atoms. The molecule has 1 aromatic heterocycles. The van der Waals surface area contributed by atoms with Crippen molar-refractivity contribution < 1.29 is 0 Å². The highest BCUT2D eigenvalue weighted by atomic mass is 14.9. The van der Waals surface area contributed by atoms with E-state index in [9.17, 15) is 0 Å². The second kappa shape index (κ2) is 5.17. The molecular weight excluding hydrogens is 248 g/mol. The van der Waals surface area contributed by atoms with Crippen molar-refractivity contribution in [2.45, 2.75) is 14.4 Å². The molecule has 0 atom stereocenters. The predicted octanol–water partition coefficient (Wildman–Crippen LogP) is 3.41. The van der Waals surface area contributed by atoms with Gasteiger partial charge in [0.15, 0.2) is 0 Å². The van der Waals surface area contributed by atoms with Crippen molar-refractivity contribution in [2.75, 3.05) is 11.5 Å². The standard InChI is InChI=1S/C15H14N4.CH4/c1-9-14(10-5-3-2-4-6-10)19-15-12(18-9)8-7-11(16)13(15)17;/h2-8H,16-17H2,1H3;1H4. The lowest BCUT2D eigenvalue weighted by molar-refractivity contribution is 1.19. The quantitative estimate of drug-likeness (QED) is 0.662. The van der Waals surface area contributed by atoms with Gasteiger partial charge in [0.25, 0.3) is 0 Å². The van der Waals surface area contributed by atoms with E-state index in [1.807, 2.05) is 43.3 Å². The first kappa shape index (κ1) is 13.8. The maximum absolute atomic E-state index is 5.99. The number of nitrogens with zero attached hydrogens (tertiary/aromatic N) is 2. The number of hydrogen-bond donors (Lipinski definition) is 2. The fraction of sp³-hybridized carbons (Fsp3) is 0.125. The van der Waals surface area contributed by atoms with Gasteiger partial charge < -0.3 is 11.5 Å². The van der Waals surface area contributed by atoms with Crippen LogP contribution in [0.4, 0.5) is 11.4 Å². The minimum Gasteiger partial charge on any atom is -0.397 e. The molecule has 0 amide bonds. The molecule has 0 spiro atoms. The highest BCUT2D eigenvalue weighted by Crippen LogP contribution is 2.28. The van der Waals surface area contributed by atoms with Gasteiger partial charge in [0.05, 0.1) is 28.3 Å². The van der Waals surface area contributed by atoms with E-state index in [0.29, 0.717) is 16.9 Å². The Labute approximate surface area is 118 Å². The number of rotatable bonds is 1. The zero-order valence-electron chi connectivity index (χ0n) is 10.6. The topological polar surface area (TPSA) is 77.8 Å². The molecule has 0 aliphatic heterocycles. The molecule has 1 heterocycles. The summed E-state index contributed by atoms with van der Waals surface area (Å²) in [5.74, 6) is 0. The fourth-order valence-corrected chi connectivity index (χ4v) is 2.12. The van der Waals surface area contributed by atoms with Crippen LogP contribution in [0.15, 0.2) is 42.5 Å². The summed E-state index contributed by atoms with van der Waals surface area (Å²) in [6.45, 7) is 1.95. The van der Waals surface area contributed by atoms with Crippen LogP contribution < -0.4 is 11.5 Å². The Morgan fingerprint density at radius 2 is 1.60 bits per heavy atom. The number of anilines is 2. The minimum absolute atomic E-state index is 0. The van der Waals surface area contributed by atoms with Crippen molar-refractivity contribution in [3.63, 3.8) is 0 Å². The highest BCUT2D eigenvalue weighted by molar-refractivity contribution is 5.94. The van der Waals surface area contributed by atoms with Gasteiger partial charge >= 0.3 is 0 Å². The summed E-state index contributed by atoms with van der Waals surface area (Å²) in [5, 5.41) is 0. The van der Waals surface area contributed by atoms with E-state index < -0.39 is 0 Å². The molecule has 0 saturated carbocycles. The molecule has 0 fully saturated rings. The van der Waals surface area contributed by atoms with Gasteiger partial charge in [0.2, 0.25) is 0 Å². The number of fused-ring (bicyclic) bond motifs is 1.